The Bertz CT molecular complexity index is 655. The Morgan fingerprint density at radius 1 is 1.05 bits per heavy atom. The maximum Gasteiger partial charge on any atom is 0.310 e. The van der Waals surface area contributed by atoms with Crippen LogP contribution in [0.3, 0.4) is 0 Å². The number of carbonyl (C=O) groups is 1. The maximum absolute atomic E-state index is 12.0. The zero-order valence-corrected chi connectivity index (χ0v) is 12.5. The molecule has 2 heteroatoms. The van der Waals surface area contributed by atoms with Gasteiger partial charge in [0, 0.05) is 0 Å². The number of hydrogen-bond donors (Lipinski definition) is 1. The summed E-state index contributed by atoms with van der Waals surface area (Å²) in [5.74, 6) is -0.683. The van der Waals surface area contributed by atoms with E-state index in [2.05, 4.69) is 44.2 Å². The Hall–Kier alpha value is -2.09. The quantitative estimate of drug-likeness (QED) is 0.930. The summed E-state index contributed by atoms with van der Waals surface area (Å²) in [4.78, 5) is 12.0. The van der Waals surface area contributed by atoms with Crippen LogP contribution >= 0.6 is 0 Å². The van der Waals surface area contributed by atoms with Crippen molar-refractivity contribution in [2.45, 2.75) is 33.1 Å². The van der Waals surface area contributed by atoms with Gasteiger partial charge in [-0.3, -0.25) is 4.79 Å². The van der Waals surface area contributed by atoms with E-state index in [9.17, 15) is 9.90 Å². The maximum atomic E-state index is 12.0. The molecular formula is C19H20O2. The van der Waals surface area contributed by atoms with E-state index in [4.69, 9.17) is 0 Å². The number of benzene rings is 2. The molecule has 0 aliphatic heterocycles. The first-order valence-corrected chi connectivity index (χ1v) is 7.36. The van der Waals surface area contributed by atoms with Gasteiger partial charge < -0.3 is 5.11 Å². The van der Waals surface area contributed by atoms with Crippen molar-refractivity contribution in [2.75, 3.05) is 0 Å². The van der Waals surface area contributed by atoms with Crippen LogP contribution in [0.1, 0.15) is 27.8 Å². The lowest BCUT2D eigenvalue weighted by Crippen LogP contribution is -2.34. The highest BCUT2D eigenvalue weighted by Crippen LogP contribution is 2.40. The average molecular weight is 280 g/mol. The zero-order valence-electron chi connectivity index (χ0n) is 12.5. The molecule has 0 amide bonds. The van der Waals surface area contributed by atoms with Crippen LogP contribution in [0, 0.1) is 19.3 Å². The van der Waals surface area contributed by atoms with Crippen LogP contribution in [0.4, 0.5) is 0 Å². The van der Waals surface area contributed by atoms with E-state index in [0.717, 1.165) is 5.56 Å². The van der Waals surface area contributed by atoms with Crippen molar-refractivity contribution >= 4 is 5.97 Å². The molecule has 0 radical (unpaired) electrons. The van der Waals surface area contributed by atoms with Crippen molar-refractivity contribution in [1.29, 1.82) is 0 Å². The van der Waals surface area contributed by atoms with Crippen LogP contribution in [0.25, 0.3) is 0 Å². The fourth-order valence-electron chi connectivity index (χ4n) is 3.61. The molecule has 0 spiro atoms. The van der Waals surface area contributed by atoms with E-state index in [0.29, 0.717) is 19.3 Å². The number of rotatable bonds is 3. The van der Waals surface area contributed by atoms with Crippen molar-refractivity contribution < 1.29 is 9.90 Å². The average Bonchev–Trinajstić information content (AvgIpc) is 2.76. The molecule has 0 unspecified atom stereocenters. The summed E-state index contributed by atoms with van der Waals surface area (Å²) in [6, 6.07) is 14.5. The highest BCUT2D eigenvalue weighted by molar-refractivity contribution is 5.77. The zero-order chi connectivity index (χ0) is 15.0. The van der Waals surface area contributed by atoms with Crippen molar-refractivity contribution in [3.63, 3.8) is 0 Å². The lowest BCUT2D eigenvalue weighted by atomic mass is 9.78. The third-order valence-electron chi connectivity index (χ3n) is 4.45. The minimum atomic E-state index is -0.691. The molecule has 108 valence electrons. The minimum absolute atomic E-state index is 0.597. The van der Waals surface area contributed by atoms with Gasteiger partial charge in [-0.05, 0) is 49.8 Å². The molecule has 0 bridgehead atoms. The SMILES string of the molecule is Cc1cc(C)cc(CC2(C(=O)O)Cc3ccccc3C2)c1. The van der Waals surface area contributed by atoms with Gasteiger partial charge in [0.05, 0.1) is 5.41 Å². The van der Waals surface area contributed by atoms with Crippen LogP contribution in [-0.4, -0.2) is 11.1 Å². The highest BCUT2D eigenvalue weighted by Gasteiger charge is 2.43. The molecule has 1 aliphatic rings. The molecule has 0 saturated carbocycles. The predicted octanol–water partition coefficient (Wildman–Crippen LogP) is 3.72. The Morgan fingerprint density at radius 2 is 1.57 bits per heavy atom. The second-order valence-electron chi connectivity index (χ2n) is 6.38. The molecule has 0 aromatic heterocycles. The topological polar surface area (TPSA) is 37.3 Å². The number of carboxylic acids is 1. The van der Waals surface area contributed by atoms with Crippen LogP contribution in [0.15, 0.2) is 42.5 Å². The molecule has 0 atom stereocenters. The summed E-state index contributed by atoms with van der Waals surface area (Å²) in [6.45, 7) is 4.13. The first-order chi connectivity index (χ1) is 9.98. The minimum Gasteiger partial charge on any atom is -0.481 e. The van der Waals surface area contributed by atoms with Crippen LogP contribution < -0.4 is 0 Å². The van der Waals surface area contributed by atoms with Gasteiger partial charge in [0.2, 0.25) is 0 Å². The van der Waals surface area contributed by atoms with Gasteiger partial charge in [0.25, 0.3) is 0 Å². The fraction of sp³-hybridized carbons (Fsp3) is 0.316. The van der Waals surface area contributed by atoms with E-state index in [1.807, 2.05) is 12.1 Å². The molecule has 0 heterocycles. The van der Waals surface area contributed by atoms with Gasteiger partial charge in [-0.1, -0.05) is 53.6 Å². The summed E-state index contributed by atoms with van der Waals surface area (Å²) in [5.41, 5.74) is 5.20. The molecule has 2 aromatic carbocycles. The normalized spacial score (nSPS) is 15.7. The molecule has 0 saturated heterocycles. The van der Waals surface area contributed by atoms with Gasteiger partial charge in [-0.2, -0.15) is 0 Å². The van der Waals surface area contributed by atoms with E-state index in [-0.39, 0.29) is 0 Å². The molecule has 0 fully saturated rings. The van der Waals surface area contributed by atoms with Gasteiger partial charge in [0.15, 0.2) is 0 Å². The molecule has 21 heavy (non-hydrogen) atoms. The summed E-state index contributed by atoms with van der Waals surface area (Å²) in [5, 5.41) is 9.84. The van der Waals surface area contributed by atoms with Gasteiger partial charge in [-0.25, -0.2) is 0 Å². The molecule has 1 aliphatic carbocycles. The number of hydrogen-bond acceptors (Lipinski definition) is 1. The fourth-order valence-corrected chi connectivity index (χ4v) is 3.61. The standard InChI is InChI=1S/C19H20O2/c1-13-7-14(2)9-15(8-13)10-19(18(20)21)11-16-5-3-4-6-17(16)12-19/h3-9H,10-12H2,1-2H3,(H,20,21). The predicted molar refractivity (Wildman–Crippen MR) is 83.5 cm³/mol. The van der Waals surface area contributed by atoms with Crippen LogP contribution in [0.2, 0.25) is 0 Å². The van der Waals surface area contributed by atoms with Gasteiger partial charge in [-0.15, -0.1) is 0 Å². The monoisotopic (exact) mass is 280 g/mol. The molecule has 2 nitrogen and oxygen atoms in total. The Morgan fingerprint density at radius 3 is 2.05 bits per heavy atom. The Balaban J connectivity index is 1.96. The number of carboxylic acid groups (broad SMARTS) is 1. The number of aryl methyl sites for hydroxylation is 2. The molecule has 3 rings (SSSR count). The van der Waals surface area contributed by atoms with E-state index in [1.54, 1.807) is 0 Å². The Labute approximate surface area is 125 Å². The summed E-state index contributed by atoms with van der Waals surface area (Å²) in [7, 11) is 0. The lowest BCUT2D eigenvalue weighted by Gasteiger charge is -2.24. The third kappa shape index (κ3) is 2.58. The van der Waals surface area contributed by atoms with Gasteiger partial charge >= 0.3 is 5.97 Å². The van der Waals surface area contributed by atoms with Crippen LogP contribution in [-0.2, 0) is 24.1 Å². The van der Waals surface area contributed by atoms with Crippen molar-refractivity contribution in [1.82, 2.24) is 0 Å². The second-order valence-corrected chi connectivity index (χ2v) is 6.38. The lowest BCUT2D eigenvalue weighted by molar-refractivity contribution is -0.148. The molecule has 1 N–H and O–H groups in total. The smallest absolute Gasteiger partial charge is 0.310 e. The largest absolute Gasteiger partial charge is 0.481 e. The second kappa shape index (κ2) is 5.03. The van der Waals surface area contributed by atoms with Crippen molar-refractivity contribution in [3.05, 3.63) is 70.3 Å². The van der Waals surface area contributed by atoms with Crippen LogP contribution in [0.5, 0.6) is 0 Å². The number of fused-ring (bicyclic) bond motifs is 1. The summed E-state index contributed by atoms with van der Waals surface area (Å²) < 4.78 is 0. The third-order valence-corrected chi connectivity index (χ3v) is 4.45. The first kappa shape index (κ1) is 13.9. The summed E-state index contributed by atoms with van der Waals surface area (Å²) in [6.07, 6.45) is 1.86. The van der Waals surface area contributed by atoms with E-state index in [1.165, 1.54) is 22.3 Å². The molecular weight excluding hydrogens is 260 g/mol. The highest BCUT2D eigenvalue weighted by atomic mass is 16.4. The molecule has 2 aromatic rings. The van der Waals surface area contributed by atoms with E-state index < -0.39 is 11.4 Å². The first-order valence-electron chi connectivity index (χ1n) is 7.36. The van der Waals surface area contributed by atoms with E-state index >= 15 is 0 Å². The number of aliphatic carboxylic acids is 1. The van der Waals surface area contributed by atoms with Crippen molar-refractivity contribution in [2.24, 2.45) is 5.41 Å². The Kier molecular flexibility index (Phi) is 3.32. The summed E-state index contributed by atoms with van der Waals surface area (Å²) >= 11 is 0. The van der Waals surface area contributed by atoms with Gasteiger partial charge in [0.1, 0.15) is 0 Å². The van der Waals surface area contributed by atoms with Crippen molar-refractivity contribution in [3.8, 4) is 0 Å².